The minimum Gasteiger partial charge on any atom is -0.389 e. The molecule has 1 atom stereocenters. The molecule has 1 aliphatic carbocycles. The van der Waals surface area contributed by atoms with Crippen LogP contribution in [-0.4, -0.2) is 47.8 Å². The van der Waals surface area contributed by atoms with Crippen LogP contribution in [0, 0.1) is 0 Å². The van der Waals surface area contributed by atoms with Gasteiger partial charge in [0, 0.05) is 25.7 Å². The third-order valence-corrected chi connectivity index (χ3v) is 3.42. The molecule has 2 aliphatic rings. The molecule has 0 amide bonds. The summed E-state index contributed by atoms with van der Waals surface area (Å²) in [7, 11) is 0. The van der Waals surface area contributed by atoms with E-state index >= 15 is 0 Å². The van der Waals surface area contributed by atoms with Gasteiger partial charge in [-0.3, -0.25) is 4.90 Å². The smallest absolute Gasteiger partial charge is 0.0746 e. The maximum Gasteiger partial charge on any atom is 0.0746 e. The molecule has 0 aromatic rings. The fourth-order valence-corrected chi connectivity index (χ4v) is 2.41. The van der Waals surface area contributed by atoms with Crippen molar-refractivity contribution >= 4 is 0 Å². The summed E-state index contributed by atoms with van der Waals surface area (Å²) in [5.41, 5.74) is 0.743. The van der Waals surface area contributed by atoms with Gasteiger partial charge >= 0.3 is 0 Å². The summed E-state index contributed by atoms with van der Waals surface area (Å²) in [5.74, 6) is 0. The second kappa shape index (κ2) is 4.86. The third kappa shape index (κ3) is 3.89. The van der Waals surface area contributed by atoms with Crippen LogP contribution in [0.3, 0.4) is 0 Å². The number of hydrogen-bond acceptors (Lipinski definition) is 3. The van der Waals surface area contributed by atoms with Gasteiger partial charge in [0.1, 0.15) is 0 Å². The summed E-state index contributed by atoms with van der Waals surface area (Å²) >= 11 is 0. The van der Waals surface area contributed by atoms with E-state index in [0.717, 1.165) is 45.1 Å². The molecule has 3 nitrogen and oxygen atoms in total. The van der Waals surface area contributed by atoms with Crippen LogP contribution in [-0.2, 0) is 0 Å². The van der Waals surface area contributed by atoms with Gasteiger partial charge in [0.2, 0.25) is 0 Å². The van der Waals surface area contributed by atoms with Gasteiger partial charge in [-0.1, -0.05) is 6.58 Å². The lowest BCUT2D eigenvalue weighted by Gasteiger charge is -2.37. The van der Waals surface area contributed by atoms with E-state index in [2.05, 4.69) is 16.8 Å². The lowest BCUT2D eigenvalue weighted by atomic mass is 9.95. The standard InChI is InChI=1S/C13H24N2O/c1-11(8-14-12-4-5-12)9-15-7-3-6-13(2,16)10-15/h12,14,16H,1,3-10H2,2H3. The van der Waals surface area contributed by atoms with Crippen molar-refractivity contribution in [2.24, 2.45) is 0 Å². The highest BCUT2D eigenvalue weighted by Gasteiger charge is 2.28. The van der Waals surface area contributed by atoms with Crippen molar-refractivity contribution in [1.29, 1.82) is 0 Å². The Hall–Kier alpha value is -0.380. The maximum atomic E-state index is 10.00. The average Bonchev–Trinajstić information content (AvgIpc) is 2.96. The number of likely N-dealkylation sites (tertiary alicyclic amines) is 1. The number of rotatable bonds is 5. The number of aliphatic hydroxyl groups is 1. The predicted octanol–water partition coefficient (Wildman–Crippen LogP) is 1.14. The Balaban J connectivity index is 1.68. The van der Waals surface area contributed by atoms with Gasteiger partial charge in [-0.05, 0) is 44.7 Å². The van der Waals surface area contributed by atoms with Gasteiger partial charge in [0.25, 0.3) is 0 Å². The van der Waals surface area contributed by atoms with Crippen molar-refractivity contribution in [3.8, 4) is 0 Å². The summed E-state index contributed by atoms with van der Waals surface area (Å²) in [6.45, 7) is 9.79. The molecule has 0 bridgehead atoms. The molecule has 92 valence electrons. The molecular weight excluding hydrogens is 200 g/mol. The molecule has 16 heavy (non-hydrogen) atoms. The summed E-state index contributed by atoms with van der Waals surface area (Å²) in [5, 5.41) is 13.5. The summed E-state index contributed by atoms with van der Waals surface area (Å²) < 4.78 is 0. The SMILES string of the molecule is C=C(CNC1CC1)CN1CCCC(C)(O)C1. The molecule has 1 saturated heterocycles. The highest BCUT2D eigenvalue weighted by molar-refractivity contribution is 5.03. The Morgan fingerprint density at radius 3 is 2.94 bits per heavy atom. The van der Waals surface area contributed by atoms with Crippen molar-refractivity contribution in [2.45, 2.75) is 44.2 Å². The van der Waals surface area contributed by atoms with Crippen LogP contribution in [0.25, 0.3) is 0 Å². The van der Waals surface area contributed by atoms with E-state index in [1.165, 1.54) is 18.4 Å². The predicted molar refractivity (Wildman–Crippen MR) is 66.5 cm³/mol. The van der Waals surface area contributed by atoms with Crippen LogP contribution in [0.4, 0.5) is 0 Å². The normalized spacial score (nSPS) is 31.6. The van der Waals surface area contributed by atoms with E-state index in [0.29, 0.717) is 0 Å². The van der Waals surface area contributed by atoms with E-state index in [1.54, 1.807) is 0 Å². The molecule has 2 N–H and O–H groups in total. The average molecular weight is 224 g/mol. The zero-order valence-corrected chi connectivity index (χ0v) is 10.3. The van der Waals surface area contributed by atoms with Crippen LogP contribution >= 0.6 is 0 Å². The molecule has 0 spiro atoms. The molecule has 1 unspecified atom stereocenters. The molecule has 3 heteroatoms. The number of nitrogens with zero attached hydrogens (tertiary/aromatic N) is 1. The van der Waals surface area contributed by atoms with Gasteiger partial charge in [0.15, 0.2) is 0 Å². The Morgan fingerprint density at radius 2 is 2.31 bits per heavy atom. The molecule has 2 fully saturated rings. The fourth-order valence-electron chi connectivity index (χ4n) is 2.41. The minimum absolute atomic E-state index is 0.498. The molecular formula is C13H24N2O. The summed E-state index contributed by atoms with van der Waals surface area (Å²) in [6.07, 6.45) is 4.67. The Labute approximate surface area is 98.5 Å². The maximum absolute atomic E-state index is 10.00. The second-order valence-electron chi connectivity index (χ2n) is 5.72. The van der Waals surface area contributed by atoms with E-state index in [9.17, 15) is 5.11 Å². The third-order valence-electron chi connectivity index (χ3n) is 3.42. The number of nitrogens with one attached hydrogen (secondary N) is 1. The minimum atomic E-state index is -0.498. The molecule has 0 aromatic heterocycles. The highest BCUT2D eigenvalue weighted by atomic mass is 16.3. The Bertz CT molecular complexity index is 259. The lowest BCUT2D eigenvalue weighted by Crippen LogP contribution is -2.47. The lowest BCUT2D eigenvalue weighted by molar-refractivity contribution is -0.0125. The van der Waals surface area contributed by atoms with Gasteiger partial charge < -0.3 is 10.4 Å². The molecule has 0 radical (unpaired) electrons. The topological polar surface area (TPSA) is 35.5 Å². The first-order chi connectivity index (χ1) is 7.55. The molecule has 1 aliphatic heterocycles. The first-order valence-electron chi connectivity index (χ1n) is 6.40. The Morgan fingerprint density at radius 1 is 1.56 bits per heavy atom. The summed E-state index contributed by atoms with van der Waals surface area (Å²) in [6, 6.07) is 0.751. The second-order valence-corrected chi connectivity index (χ2v) is 5.72. The zero-order chi connectivity index (χ0) is 11.6. The van der Waals surface area contributed by atoms with Crippen LogP contribution in [0.15, 0.2) is 12.2 Å². The Kier molecular flexibility index (Phi) is 3.67. The number of hydrogen-bond donors (Lipinski definition) is 2. The van der Waals surface area contributed by atoms with Crippen LogP contribution in [0.2, 0.25) is 0 Å². The largest absolute Gasteiger partial charge is 0.389 e. The van der Waals surface area contributed by atoms with Crippen molar-refractivity contribution < 1.29 is 5.11 Å². The molecule has 1 saturated carbocycles. The van der Waals surface area contributed by atoms with E-state index in [4.69, 9.17) is 0 Å². The van der Waals surface area contributed by atoms with Crippen LogP contribution in [0.1, 0.15) is 32.6 Å². The first kappa shape index (κ1) is 12.1. The van der Waals surface area contributed by atoms with Crippen LogP contribution in [0.5, 0.6) is 0 Å². The van der Waals surface area contributed by atoms with E-state index in [-0.39, 0.29) is 0 Å². The van der Waals surface area contributed by atoms with E-state index < -0.39 is 5.60 Å². The van der Waals surface area contributed by atoms with E-state index in [1.807, 2.05) is 6.92 Å². The number of β-amino-alcohol motifs (C(OH)–C–C–N with tert-alkyl or cyclic N) is 1. The first-order valence-corrected chi connectivity index (χ1v) is 6.40. The zero-order valence-electron chi connectivity index (χ0n) is 10.3. The van der Waals surface area contributed by atoms with Crippen molar-refractivity contribution in [2.75, 3.05) is 26.2 Å². The van der Waals surface area contributed by atoms with Gasteiger partial charge in [0.05, 0.1) is 5.60 Å². The van der Waals surface area contributed by atoms with Crippen molar-refractivity contribution in [3.63, 3.8) is 0 Å². The van der Waals surface area contributed by atoms with Gasteiger partial charge in [-0.25, -0.2) is 0 Å². The van der Waals surface area contributed by atoms with Gasteiger partial charge in [-0.2, -0.15) is 0 Å². The highest BCUT2D eigenvalue weighted by Crippen LogP contribution is 2.21. The van der Waals surface area contributed by atoms with Crippen molar-refractivity contribution in [1.82, 2.24) is 10.2 Å². The number of piperidine rings is 1. The molecule has 0 aromatic carbocycles. The van der Waals surface area contributed by atoms with Crippen molar-refractivity contribution in [3.05, 3.63) is 12.2 Å². The molecule has 2 rings (SSSR count). The van der Waals surface area contributed by atoms with Gasteiger partial charge in [-0.15, -0.1) is 0 Å². The molecule has 1 heterocycles. The van der Waals surface area contributed by atoms with Crippen LogP contribution < -0.4 is 5.32 Å². The quantitative estimate of drug-likeness (QED) is 0.688. The summed E-state index contributed by atoms with van der Waals surface area (Å²) in [4.78, 5) is 2.32. The monoisotopic (exact) mass is 224 g/mol. The fraction of sp³-hybridized carbons (Fsp3) is 0.846.